The summed E-state index contributed by atoms with van der Waals surface area (Å²) in [4.78, 5) is 35.0. The van der Waals surface area contributed by atoms with Crippen LogP contribution in [0.1, 0.15) is 64.7 Å². The molecule has 10 nitrogen and oxygen atoms in total. The lowest BCUT2D eigenvalue weighted by atomic mass is 9.98. The maximum Gasteiger partial charge on any atom is 0.326 e. The highest BCUT2D eigenvalue weighted by Gasteiger charge is 2.34. The lowest BCUT2D eigenvalue weighted by Crippen LogP contribution is -2.43. The van der Waals surface area contributed by atoms with Crippen molar-refractivity contribution in [3.05, 3.63) is 130 Å². The predicted octanol–water partition coefficient (Wildman–Crippen LogP) is 5.35. The van der Waals surface area contributed by atoms with Gasteiger partial charge < -0.3 is 29.8 Å². The van der Waals surface area contributed by atoms with Crippen molar-refractivity contribution < 1.29 is 19.4 Å². The summed E-state index contributed by atoms with van der Waals surface area (Å²) < 4.78 is 15.1. The van der Waals surface area contributed by atoms with Crippen molar-refractivity contribution in [2.45, 2.75) is 50.4 Å². The molecule has 3 atom stereocenters. The number of rotatable bonds is 8. The van der Waals surface area contributed by atoms with Crippen LogP contribution >= 0.6 is 0 Å². The Balaban J connectivity index is 1.07. The number of para-hydroxylation sites is 2. The van der Waals surface area contributed by atoms with E-state index in [1.165, 1.54) is 6.20 Å². The molecule has 0 saturated carbocycles. The zero-order valence-electron chi connectivity index (χ0n) is 25.4. The molecule has 2 aromatic heterocycles. The Hall–Kier alpha value is -4.61. The van der Waals surface area contributed by atoms with Gasteiger partial charge in [-0.05, 0) is 60.4 Å². The van der Waals surface area contributed by atoms with E-state index in [9.17, 15) is 14.7 Å². The van der Waals surface area contributed by atoms with Crippen molar-refractivity contribution in [2.75, 3.05) is 25.0 Å². The van der Waals surface area contributed by atoms with Gasteiger partial charge in [-0.2, -0.15) is 0 Å². The number of aromatic nitrogens is 3. The zero-order chi connectivity index (χ0) is 31.5. The van der Waals surface area contributed by atoms with Crippen molar-refractivity contribution >= 4 is 22.6 Å². The number of pyridine rings is 1. The van der Waals surface area contributed by atoms with Crippen LogP contribution in [0.4, 0.5) is 5.69 Å². The first-order valence-electron chi connectivity index (χ1n) is 15.8. The van der Waals surface area contributed by atoms with Crippen LogP contribution in [0.25, 0.3) is 11.0 Å². The highest BCUT2D eigenvalue weighted by Crippen LogP contribution is 2.39. The molecule has 0 aliphatic carbocycles. The zero-order valence-corrected chi connectivity index (χ0v) is 25.4. The van der Waals surface area contributed by atoms with E-state index in [0.29, 0.717) is 17.7 Å². The summed E-state index contributed by atoms with van der Waals surface area (Å²) in [7, 11) is 0. The summed E-state index contributed by atoms with van der Waals surface area (Å²) in [5.74, 6) is -0.242. The maximum atomic E-state index is 12.8. The van der Waals surface area contributed by atoms with Gasteiger partial charge in [0.15, 0.2) is 6.29 Å². The molecule has 1 amide bonds. The summed E-state index contributed by atoms with van der Waals surface area (Å²) in [5, 5.41) is 12.5. The van der Waals surface area contributed by atoms with Gasteiger partial charge >= 0.3 is 5.69 Å². The Morgan fingerprint density at radius 1 is 0.957 bits per heavy atom. The molecule has 3 aromatic carbocycles. The number of aliphatic hydroxyl groups is 1. The van der Waals surface area contributed by atoms with E-state index in [4.69, 9.17) is 9.47 Å². The summed E-state index contributed by atoms with van der Waals surface area (Å²) in [6.07, 6.45) is 4.62. The Bertz CT molecular complexity index is 1850. The number of anilines is 1. The van der Waals surface area contributed by atoms with Gasteiger partial charge in [0.25, 0.3) is 5.91 Å². The second kappa shape index (κ2) is 13.4. The molecular weight excluding hydrogens is 582 g/mol. The number of H-pyrrole nitrogens is 1. The summed E-state index contributed by atoms with van der Waals surface area (Å²) in [6.45, 7) is 2.43. The van der Waals surface area contributed by atoms with Crippen LogP contribution in [0, 0.1) is 0 Å². The van der Waals surface area contributed by atoms with Crippen molar-refractivity contribution in [1.82, 2.24) is 19.4 Å². The van der Waals surface area contributed by atoms with E-state index in [1.54, 1.807) is 18.3 Å². The van der Waals surface area contributed by atoms with E-state index in [0.717, 1.165) is 60.2 Å². The number of carbonyl (C=O) groups excluding carboxylic acids is 1. The van der Waals surface area contributed by atoms with E-state index in [2.05, 4.69) is 20.2 Å². The minimum absolute atomic E-state index is 0.0155. The Morgan fingerprint density at radius 2 is 1.78 bits per heavy atom. The van der Waals surface area contributed by atoms with Gasteiger partial charge in [-0.3, -0.25) is 14.3 Å². The maximum absolute atomic E-state index is 12.8. The SMILES string of the molecule is O=C(Nc1cccc([C@@H]2O[C@H](CN3CCC(n4c(=O)[nH]c5ccccc54)CC3)C[C@H](c3ccc(CO)cc3)O2)c1)c1cccnc1. The standard InChI is InChI=1S/C36H37N5O5/c42-23-24-10-12-25(13-11-24)33-20-30(22-40-17-14-29(15-18-40)41-32-9-2-1-8-31(32)39-36(41)44)45-35(46-33)26-5-3-7-28(19-26)38-34(43)27-6-4-16-37-21-27/h1-13,16,19,21,29-30,33,35,42H,14-15,17-18,20,22-23H2,(H,38,43)(H,39,44)/t30-,33+,35+/m0/s1. The lowest BCUT2D eigenvalue weighted by Gasteiger charge is -2.40. The highest BCUT2D eigenvalue weighted by molar-refractivity contribution is 6.04. The molecule has 7 rings (SSSR count). The number of benzene rings is 3. The minimum atomic E-state index is -0.640. The third-order valence-electron chi connectivity index (χ3n) is 8.96. The number of likely N-dealkylation sites (tertiary alicyclic amines) is 1. The number of piperidine rings is 1. The molecule has 10 heteroatoms. The first-order valence-corrected chi connectivity index (χ1v) is 15.8. The summed E-state index contributed by atoms with van der Waals surface area (Å²) >= 11 is 0. The fraction of sp³-hybridized carbons (Fsp3) is 0.306. The number of hydrogen-bond donors (Lipinski definition) is 3. The summed E-state index contributed by atoms with van der Waals surface area (Å²) in [6, 6.07) is 26.9. The average Bonchev–Trinajstić information content (AvgIpc) is 3.44. The molecule has 2 saturated heterocycles. The van der Waals surface area contributed by atoms with E-state index in [-0.39, 0.29) is 36.5 Å². The van der Waals surface area contributed by atoms with Gasteiger partial charge in [0.05, 0.1) is 35.4 Å². The van der Waals surface area contributed by atoms with E-state index in [1.807, 2.05) is 77.4 Å². The number of hydrogen-bond acceptors (Lipinski definition) is 7. The molecular formula is C36H37N5O5. The molecule has 0 unspecified atom stereocenters. The first kappa shape index (κ1) is 30.1. The normalized spacial score (nSPS) is 20.9. The Kier molecular flexibility index (Phi) is 8.76. The molecule has 4 heterocycles. The number of nitrogens with zero attached hydrogens (tertiary/aromatic N) is 3. The van der Waals surface area contributed by atoms with E-state index >= 15 is 0 Å². The Morgan fingerprint density at radius 3 is 2.57 bits per heavy atom. The number of fused-ring (bicyclic) bond motifs is 1. The molecule has 2 aliphatic rings. The van der Waals surface area contributed by atoms with Crippen molar-refractivity contribution in [3.63, 3.8) is 0 Å². The summed E-state index contributed by atoms with van der Waals surface area (Å²) in [5.41, 5.74) is 5.56. The second-order valence-corrected chi connectivity index (χ2v) is 12.0. The molecule has 2 fully saturated rings. The van der Waals surface area contributed by atoms with Gasteiger partial charge in [-0.15, -0.1) is 0 Å². The monoisotopic (exact) mass is 619 g/mol. The number of carbonyl (C=O) groups is 1. The number of nitrogens with one attached hydrogen (secondary N) is 2. The quantitative estimate of drug-likeness (QED) is 0.214. The third kappa shape index (κ3) is 6.52. The lowest BCUT2D eigenvalue weighted by molar-refractivity contribution is -0.253. The first-order chi connectivity index (χ1) is 22.5. The molecule has 3 N–H and O–H groups in total. The number of aromatic amines is 1. The largest absolute Gasteiger partial charge is 0.392 e. The fourth-order valence-corrected chi connectivity index (χ4v) is 6.58. The number of imidazole rings is 1. The molecule has 0 spiro atoms. The molecule has 236 valence electrons. The van der Waals surface area contributed by atoms with Gasteiger partial charge in [-0.1, -0.05) is 48.5 Å². The van der Waals surface area contributed by atoms with Gasteiger partial charge in [-0.25, -0.2) is 4.79 Å². The molecule has 0 bridgehead atoms. The van der Waals surface area contributed by atoms with Crippen molar-refractivity contribution in [3.8, 4) is 0 Å². The van der Waals surface area contributed by atoms with Crippen molar-refractivity contribution in [1.29, 1.82) is 0 Å². The van der Waals surface area contributed by atoms with Crippen molar-refractivity contribution in [2.24, 2.45) is 0 Å². The third-order valence-corrected chi connectivity index (χ3v) is 8.96. The van der Waals surface area contributed by atoms with Gasteiger partial charge in [0, 0.05) is 55.7 Å². The average molecular weight is 620 g/mol. The fourth-order valence-electron chi connectivity index (χ4n) is 6.58. The topological polar surface area (TPSA) is 122 Å². The number of amides is 1. The Labute approximate surface area is 266 Å². The van der Waals surface area contributed by atoms with Crippen LogP contribution in [0.15, 0.2) is 102 Å². The van der Waals surface area contributed by atoms with Crippen LogP contribution in [0.5, 0.6) is 0 Å². The van der Waals surface area contributed by atoms with Gasteiger partial charge in [0.2, 0.25) is 0 Å². The molecule has 0 radical (unpaired) electrons. The van der Waals surface area contributed by atoms with Crippen LogP contribution < -0.4 is 11.0 Å². The molecule has 46 heavy (non-hydrogen) atoms. The smallest absolute Gasteiger partial charge is 0.326 e. The van der Waals surface area contributed by atoms with Crippen LogP contribution in [0.2, 0.25) is 0 Å². The van der Waals surface area contributed by atoms with Crippen LogP contribution in [-0.4, -0.2) is 56.2 Å². The second-order valence-electron chi connectivity index (χ2n) is 12.0. The highest BCUT2D eigenvalue weighted by atomic mass is 16.7. The number of ether oxygens (including phenoxy) is 2. The predicted molar refractivity (Wildman–Crippen MR) is 174 cm³/mol. The minimum Gasteiger partial charge on any atom is -0.392 e. The molecule has 2 aliphatic heterocycles. The van der Waals surface area contributed by atoms with Gasteiger partial charge in [0.1, 0.15) is 0 Å². The van der Waals surface area contributed by atoms with Crippen LogP contribution in [-0.2, 0) is 16.1 Å². The van der Waals surface area contributed by atoms with E-state index < -0.39 is 6.29 Å². The number of aliphatic hydroxyl groups excluding tert-OH is 1. The molecule has 5 aromatic rings. The van der Waals surface area contributed by atoms with Crippen LogP contribution in [0.3, 0.4) is 0 Å².